The summed E-state index contributed by atoms with van der Waals surface area (Å²) in [6.45, 7) is 3.93. The van der Waals surface area contributed by atoms with Crippen molar-refractivity contribution < 1.29 is 19.1 Å². The average molecular weight is 473 g/mol. The molecule has 1 heterocycles. The van der Waals surface area contributed by atoms with Crippen molar-refractivity contribution in [3.8, 4) is 23.7 Å². The van der Waals surface area contributed by atoms with Gasteiger partial charge < -0.3 is 9.47 Å². The second kappa shape index (κ2) is 21.6. The molecule has 0 saturated heterocycles. The van der Waals surface area contributed by atoms with Crippen LogP contribution in [0, 0.1) is 23.7 Å². The lowest BCUT2D eigenvalue weighted by atomic mass is 10.1. The van der Waals surface area contributed by atoms with Crippen LogP contribution in [0.15, 0.2) is 0 Å². The van der Waals surface area contributed by atoms with Crippen LogP contribution in [-0.2, 0) is 19.1 Å². The molecule has 0 radical (unpaired) electrons. The van der Waals surface area contributed by atoms with E-state index in [0.717, 1.165) is 64.2 Å². The molecule has 4 nitrogen and oxygen atoms in total. The van der Waals surface area contributed by atoms with E-state index in [1.807, 2.05) is 13.8 Å². The third kappa shape index (κ3) is 19.5. The first-order valence-electron chi connectivity index (χ1n) is 14.0. The smallest absolute Gasteiger partial charge is 0.384 e. The fraction of sp³-hybridized carbons (Fsp3) is 0.800. The standard InChI is InChI=1S/C30H48O4/c1-27-23-19-15-11-7-3-5-10-14-18-22-26-30(32)34-28(2)24-20-16-12-8-4-6-9-13-17-21-25-29(31)33-27/h27-28H,3-20,23-24H2,1-2H3. The maximum atomic E-state index is 11.8. The molecule has 0 N–H and O–H groups in total. The lowest BCUT2D eigenvalue weighted by Crippen LogP contribution is -2.13. The SMILES string of the molecule is CC1CCCCCCCCCCC#CC(=O)OC(C)CCCCCCCCCCC#CC(=O)O1. The summed E-state index contributed by atoms with van der Waals surface area (Å²) in [5.41, 5.74) is 0. The summed E-state index contributed by atoms with van der Waals surface area (Å²) < 4.78 is 10.8. The minimum absolute atomic E-state index is 0.0521. The number of cyclic esters (lactones) is 2. The largest absolute Gasteiger partial charge is 0.453 e. The Kier molecular flexibility index (Phi) is 19.1. The number of carbonyl (C=O) groups is 2. The Bertz CT molecular complexity index is 603. The molecule has 0 aromatic carbocycles. The Morgan fingerprint density at radius 2 is 0.794 bits per heavy atom. The first kappa shape index (κ1) is 30.1. The minimum atomic E-state index is -0.374. The molecular formula is C30H48O4. The summed E-state index contributed by atoms with van der Waals surface area (Å²) in [7, 11) is 0. The molecule has 1 aliphatic heterocycles. The second-order valence-electron chi connectivity index (χ2n) is 9.77. The van der Waals surface area contributed by atoms with Crippen LogP contribution in [0.4, 0.5) is 0 Å². The number of hydrogen-bond acceptors (Lipinski definition) is 4. The molecule has 0 aromatic heterocycles. The molecule has 1 aliphatic rings. The molecule has 4 heteroatoms. The van der Waals surface area contributed by atoms with Crippen LogP contribution in [0.3, 0.4) is 0 Å². The van der Waals surface area contributed by atoms with Gasteiger partial charge >= 0.3 is 11.9 Å². The number of carbonyl (C=O) groups excluding carboxylic acids is 2. The highest BCUT2D eigenvalue weighted by molar-refractivity contribution is 5.88. The van der Waals surface area contributed by atoms with Gasteiger partial charge in [0.2, 0.25) is 0 Å². The van der Waals surface area contributed by atoms with Gasteiger partial charge in [-0.3, -0.25) is 0 Å². The van der Waals surface area contributed by atoms with Gasteiger partial charge in [-0.1, -0.05) is 88.9 Å². The van der Waals surface area contributed by atoms with E-state index in [1.54, 1.807) is 0 Å². The fourth-order valence-electron chi connectivity index (χ4n) is 4.22. The molecule has 0 spiro atoms. The van der Waals surface area contributed by atoms with Crippen LogP contribution in [0.25, 0.3) is 0 Å². The van der Waals surface area contributed by atoms with Gasteiger partial charge in [0.25, 0.3) is 0 Å². The van der Waals surface area contributed by atoms with E-state index in [9.17, 15) is 9.59 Å². The molecule has 2 atom stereocenters. The topological polar surface area (TPSA) is 52.6 Å². The summed E-state index contributed by atoms with van der Waals surface area (Å²) in [6, 6.07) is 0. The molecule has 0 amide bonds. The first-order chi connectivity index (χ1) is 16.6. The van der Waals surface area contributed by atoms with Gasteiger partial charge in [-0.05, 0) is 52.4 Å². The van der Waals surface area contributed by atoms with E-state index in [4.69, 9.17) is 9.47 Å². The predicted octanol–water partition coefficient (Wildman–Crippen LogP) is 7.67. The van der Waals surface area contributed by atoms with Crippen LogP contribution in [-0.4, -0.2) is 24.1 Å². The van der Waals surface area contributed by atoms with E-state index in [1.165, 1.54) is 64.2 Å². The van der Waals surface area contributed by atoms with Crippen molar-refractivity contribution in [2.24, 2.45) is 0 Å². The van der Waals surface area contributed by atoms with Crippen LogP contribution in [0.2, 0.25) is 0 Å². The second-order valence-corrected chi connectivity index (χ2v) is 9.77. The molecule has 0 saturated carbocycles. The maximum absolute atomic E-state index is 11.8. The van der Waals surface area contributed by atoms with Crippen LogP contribution >= 0.6 is 0 Å². The highest BCUT2D eigenvalue weighted by atomic mass is 16.5. The summed E-state index contributed by atoms with van der Waals surface area (Å²) >= 11 is 0. The van der Waals surface area contributed by atoms with Gasteiger partial charge in [-0.15, -0.1) is 0 Å². The normalized spacial score (nSPS) is 24.8. The number of esters is 2. The quantitative estimate of drug-likeness (QED) is 0.206. The molecule has 0 aromatic rings. The molecular weight excluding hydrogens is 424 g/mol. The first-order valence-corrected chi connectivity index (χ1v) is 14.0. The fourth-order valence-corrected chi connectivity index (χ4v) is 4.22. The molecule has 192 valence electrons. The predicted molar refractivity (Wildman–Crippen MR) is 139 cm³/mol. The Balaban J connectivity index is 2.33. The minimum Gasteiger partial charge on any atom is -0.453 e. The van der Waals surface area contributed by atoms with Crippen molar-refractivity contribution in [2.75, 3.05) is 0 Å². The average Bonchev–Trinajstić information content (AvgIpc) is 2.79. The third-order valence-electron chi connectivity index (χ3n) is 6.32. The van der Waals surface area contributed by atoms with Crippen molar-refractivity contribution in [3.05, 3.63) is 0 Å². The van der Waals surface area contributed by atoms with Crippen LogP contribution in [0.1, 0.15) is 142 Å². The Hall–Kier alpha value is -1.94. The number of rotatable bonds is 0. The zero-order valence-corrected chi connectivity index (χ0v) is 21.9. The van der Waals surface area contributed by atoms with Crippen LogP contribution in [0.5, 0.6) is 0 Å². The van der Waals surface area contributed by atoms with Crippen LogP contribution < -0.4 is 0 Å². The van der Waals surface area contributed by atoms with Crippen molar-refractivity contribution >= 4 is 11.9 Å². The summed E-state index contributed by atoms with van der Waals surface area (Å²) in [4.78, 5) is 23.7. The van der Waals surface area contributed by atoms with Gasteiger partial charge in [-0.2, -0.15) is 0 Å². The van der Waals surface area contributed by atoms with E-state index >= 15 is 0 Å². The number of hydrogen-bond donors (Lipinski definition) is 0. The van der Waals surface area contributed by atoms with Crippen molar-refractivity contribution in [2.45, 2.75) is 154 Å². The van der Waals surface area contributed by atoms with Crippen molar-refractivity contribution in [3.63, 3.8) is 0 Å². The van der Waals surface area contributed by atoms with Crippen molar-refractivity contribution in [1.82, 2.24) is 0 Å². The Labute approximate surface area is 209 Å². The van der Waals surface area contributed by atoms with Gasteiger partial charge in [0.15, 0.2) is 0 Å². The van der Waals surface area contributed by atoms with Gasteiger partial charge in [0, 0.05) is 24.7 Å². The highest BCUT2D eigenvalue weighted by Gasteiger charge is 2.08. The lowest BCUT2D eigenvalue weighted by molar-refractivity contribution is -0.142. The van der Waals surface area contributed by atoms with Crippen molar-refractivity contribution in [1.29, 1.82) is 0 Å². The monoisotopic (exact) mass is 472 g/mol. The maximum Gasteiger partial charge on any atom is 0.384 e. The van der Waals surface area contributed by atoms with Gasteiger partial charge in [-0.25, -0.2) is 9.59 Å². The molecule has 34 heavy (non-hydrogen) atoms. The molecule has 1 rings (SSSR count). The molecule has 2 unspecified atom stereocenters. The van der Waals surface area contributed by atoms with Gasteiger partial charge in [0.1, 0.15) is 12.2 Å². The van der Waals surface area contributed by atoms with E-state index in [2.05, 4.69) is 23.7 Å². The van der Waals surface area contributed by atoms with E-state index in [0.29, 0.717) is 0 Å². The molecule has 0 aliphatic carbocycles. The highest BCUT2D eigenvalue weighted by Crippen LogP contribution is 2.14. The van der Waals surface area contributed by atoms with E-state index < -0.39 is 0 Å². The summed E-state index contributed by atoms with van der Waals surface area (Å²) in [5, 5.41) is 0. The molecule has 0 fully saturated rings. The summed E-state index contributed by atoms with van der Waals surface area (Å²) in [5.74, 6) is 10.5. The summed E-state index contributed by atoms with van der Waals surface area (Å²) in [6.07, 6.45) is 22.1. The lowest BCUT2D eigenvalue weighted by Gasteiger charge is -2.10. The third-order valence-corrected chi connectivity index (χ3v) is 6.32. The van der Waals surface area contributed by atoms with E-state index in [-0.39, 0.29) is 24.1 Å². The zero-order valence-electron chi connectivity index (χ0n) is 21.9. The number of ether oxygens (including phenoxy) is 2. The van der Waals surface area contributed by atoms with Gasteiger partial charge in [0.05, 0.1) is 0 Å². The zero-order chi connectivity index (χ0) is 24.7. The Morgan fingerprint density at radius 3 is 1.15 bits per heavy atom. The Morgan fingerprint density at radius 1 is 0.500 bits per heavy atom. The molecule has 0 bridgehead atoms.